The standard InChI is InChI=1S/C25H18ClN5O3/c26-19-10-7-15(13-27-19)14-31-20-6-1-2-11-30(20)24(32)21(25(31)33)17-4-3-5-18(12-17)22-28-23(34-29-22)16-8-9-16/h1-7,10-13,16H,8-9,14H2/p+1. The van der Waals surface area contributed by atoms with Crippen molar-refractivity contribution < 1.29 is 14.2 Å². The minimum absolute atomic E-state index is 0.143. The zero-order valence-electron chi connectivity index (χ0n) is 17.9. The van der Waals surface area contributed by atoms with Crippen molar-refractivity contribution in [2.24, 2.45) is 0 Å². The lowest BCUT2D eigenvalue weighted by Gasteiger charge is -2.10. The van der Waals surface area contributed by atoms with Crippen molar-refractivity contribution in [1.82, 2.24) is 19.5 Å². The molecule has 0 saturated heterocycles. The van der Waals surface area contributed by atoms with Crippen molar-refractivity contribution in [3.8, 4) is 28.4 Å². The highest BCUT2D eigenvalue weighted by molar-refractivity contribution is 6.29. The number of pyridine rings is 2. The van der Waals surface area contributed by atoms with Crippen molar-refractivity contribution >= 4 is 17.2 Å². The predicted molar refractivity (Wildman–Crippen MR) is 125 cm³/mol. The molecule has 1 fully saturated rings. The molecule has 8 nitrogen and oxygen atoms in total. The first kappa shape index (κ1) is 20.6. The van der Waals surface area contributed by atoms with Crippen molar-refractivity contribution in [3.05, 3.63) is 94.0 Å². The van der Waals surface area contributed by atoms with Gasteiger partial charge in [-0.3, -0.25) is 0 Å². The first-order valence-corrected chi connectivity index (χ1v) is 11.3. The lowest BCUT2D eigenvalue weighted by molar-refractivity contribution is -0.671. The summed E-state index contributed by atoms with van der Waals surface area (Å²) in [5, 5.41) is 15.8. The highest BCUT2D eigenvalue weighted by Crippen LogP contribution is 2.39. The third kappa shape index (κ3) is 3.62. The average molecular weight is 473 g/mol. The van der Waals surface area contributed by atoms with Gasteiger partial charge in [0.2, 0.25) is 11.7 Å². The summed E-state index contributed by atoms with van der Waals surface area (Å²) in [4.78, 5) is 22.1. The summed E-state index contributed by atoms with van der Waals surface area (Å²) in [5.41, 5.74) is 2.48. The number of nitrogens with zero attached hydrogens (tertiary/aromatic N) is 5. The van der Waals surface area contributed by atoms with Crippen LogP contribution in [0.2, 0.25) is 5.15 Å². The van der Waals surface area contributed by atoms with Crippen LogP contribution in [0.1, 0.15) is 30.2 Å². The average Bonchev–Trinajstić information content (AvgIpc) is 3.59. The number of aromatic hydroxyl groups is 1. The Morgan fingerprint density at radius 1 is 1.12 bits per heavy atom. The topological polar surface area (TPSA) is 97.4 Å². The second-order valence-corrected chi connectivity index (χ2v) is 8.71. The summed E-state index contributed by atoms with van der Waals surface area (Å²) in [5.74, 6) is 1.31. The monoisotopic (exact) mass is 472 g/mol. The minimum atomic E-state index is -0.331. The zero-order valence-corrected chi connectivity index (χ0v) is 18.7. The molecule has 4 aromatic heterocycles. The number of hydrogen-bond acceptors (Lipinski definition) is 6. The van der Waals surface area contributed by atoms with E-state index in [1.807, 2.05) is 24.3 Å². The van der Waals surface area contributed by atoms with Gasteiger partial charge in [-0.25, -0.2) is 9.78 Å². The number of hydrogen-bond donors (Lipinski definition) is 1. The summed E-state index contributed by atoms with van der Waals surface area (Å²) in [6.07, 6.45) is 5.45. The fraction of sp³-hybridized carbons (Fsp3) is 0.160. The number of rotatable bonds is 5. The Hall–Kier alpha value is -4.04. The van der Waals surface area contributed by atoms with E-state index in [0.29, 0.717) is 46.1 Å². The minimum Gasteiger partial charge on any atom is -0.477 e. The van der Waals surface area contributed by atoms with Gasteiger partial charge in [0, 0.05) is 29.3 Å². The second-order valence-electron chi connectivity index (χ2n) is 8.32. The second kappa shape index (κ2) is 8.07. The maximum absolute atomic E-state index is 13.5. The molecule has 0 radical (unpaired) electrons. The Labute approximate surface area is 198 Å². The first-order valence-electron chi connectivity index (χ1n) is 10.9. The van der Waals surface area contributed by atoms with E-state index in [-0.39, 0.29) is 17.0 Å². The normalized spacial score (nSPS) is 13.4. The Kier molecular flexibility index (Phi) is 4.88. The molecule has 6 rings (SSSR count). The van der Waals surface area contributed by atoms with E-state index in [4.69, 9.17) is 16.1 Å². The largest absolute Gasteiger partial charge is 0.477 e. The van der Waals surface area contributed by atoms with Gasteiger partial charge in [-0.1, -0.05) is 47.1 Å². The molecule has 1 aliphatic rings. The molecule has 0 amide bonds. The van der Waals surface area contributed by atoms with Crippen LogP contribution in [0, 0.1) is 0 Å². The fourth-order valence-corrected chi connectivity index (χ4v) is 4.15. The van der Waals surface area contributed by atoms with Crippen molar-refractivity contribution in [2.45, 2.75) is 25.3 Å². The van der Waals surface area contributed by atoms with Gasteiger partial charge in [-0.05, 0) is 36.6 Å². The Bertz CT molecular complexity index is 1590. The summed E-state index contributed by atoms with van der Waals surface area (Å²) in [6, 6.07) is 16.1. The fourth-order valence-electron chi connectivity index (χ4n) is 4.04. The highest BCUT2D eigenvalue weighted by atomic mass is 35.5. The molecular formula is C25H19ClN5O3+. The van der Waals surface area contributed by atoms with Gasteiger partial charge in [0.15, 0.2) is 5.56 Å². The number of halogens is 1. The molecule has 1 saturated carbocycles. The van der Waals surface area contributed by atoms with Crippen molar-refractivity contribution in [2.75, 3.05) is 0 Å². The van der Waals surface area contributed by atoms with E-state index in [0.717, 1.165) is 18.4 Å². The quantitative estimate of drug-likeness (QED) is 0.307. The SMILES string of the molecule is O=c1c(-c2cccc(-c3noc(C4CC4)n3)c2)c(O)[n+](Cc2ccc(Cl)nc2)c2ccccn12. The number of fused-ring (bicyclic) bond motifs is 1. The molecule has 5 aromatic rings. The molecule has 4 heterocycles. The van der Waals surface area contributed by atoms with Gasteiger partial charge in [0.25, 0.3) is 11.5 Å². The third-order valence-corrected chi connectivity index (χ3v) is 6.16. The molecule has 0 spiro atoms. The van der Waals surface area contributed by atoms with E-state index in [1.165, 1.54) is 4.40 Å². The van der Waals surface area contributed by atoms with Crippen LogP contribution in [0.4, 0.5) is 0 Å². The van der Waals surface area contributed by atoms with Crippen LogP contribution >= 0.6 is 11.6 Å². The summed E-state index contributed by atoms with van der Waals surface area (Å²) >= 11 is 5.92. The van der Waals surface area contributed by atoms with E-state index < -0.39 is 0 Å². The van der Waals surface area contributed by atoms with Crippen molar-refractivity contribution in [3.63, 3.8) is 0 Å². The van der Waals surface area contributed by atoms with E-state index in [9.17, 15) is 9.90 Å². The van der Waals surface area contributed by atoms with Gasteiger partial charge in [0.1, 0.15) is 11.7 Å². The van der Waals surface area contributed by atoms with Gasteiger partial charge in [-0.15, -0.1) is 0 Å². The molecule has 0 unspecified atom stereocenters. The van der Waals surface area contributed by atoms with Gasteiger partial charge >= 0.3 is 5.56 Å². The number of aromatic nitrogens is 5. The lowest BCUT2D eigenvalue weighted by atomic mass is 10.0. The molecule has 0 atom stereocenters. The molecule has 1 N–H and O–H groups in total. The zero-order chi connectivity index (χ0) is 23.2. The van der Waals surface area contributed by atoms with Crippen LogP contribution < -0.4 is 10.1 Å². The van der Waals surface area contributed by atoms with Crippen LogP contribution in [-0.4, -0.2) is 24.6 Å². The summed E-state index contributed by atoms with van der Waals surface area (Å²) < 4.78 is 8.58. The summed E-state index contributed by atoms with van der Waals surface area (Å²) in [6.45, 7) is 0.298. The van der Waals surface area contributed by atoms with E-state index >= 15 is 0 Å². The Morgan fingerprint density at radius 2 is 1.97 bits per heavy atom. The highest BCUT2D eigenvalue weighted by Gasteiger charge is 2.30. The van der Waals surface area contributed by atoms with Crippen molar-refractivity contribution in [1.29, 1.82) is 0 Å². The maximum Gasteiger partial charge on any atom is 0.354 e. The van der Waals surface area contributed by atoms with Crippen LogP contribution in [0.5, 0.6) is 5.88 Å². The van der Waals surface area contributed by atoms with E-state index in [1.54, 1.807) is 47.3 Å². The molecule has 0 bridgehead atoms. The van der Waals surface area contributed by atoms with Crippen LogP contribution in [0.3, 0.4) is 0 Å². The van der Waals surface area contributed by atoms with Gasteiger partial charge < -0.3 is 9.63 Å². The molecule has 34 heavy (non-hydrogen) atoms. The lowest BCUT2D eigenvalue weighted by Crippen LogP contribution is -2.41. The van der Waals surface area contributed by atoms with Gasteiger partial charge in [-0.2, -0.15) is 14.0 Å². The molecule has 9 heteroatoms. The Balaban J connectivity index is 1.50. The van der Waals surface area contributed by atoms with Crippen LogP contribution in [-0.2, 0) is 6.54 Å². The third-order valence-electron chi connectivity index (χ3n) is 5.93. The molecule has 0 aliphatic heterocycles. The van der Waals surface area contributed by atoms with Crippen LogP contribution in [0.25, 0.3) is 28.2 Å². The number of benzene rings is 1. The Morgan fingerprint density at radius 3 is 2.76 bits per heavy atom. The van der Waals surface area contributed by atoms with Crippen LogP contribution in [0.15, 0.2) is 76.3 Å². The van der Waals surface area contributed by atoms with Gasteiger partial charge in [0.05, 0.1) is 6.20 Å². The maximum atomic E-state index is 13.5. The summed E-state index contributed by atoms with van der Waals surface area (Å²) in [7, 11) is 0. The molecule has 1 aromatic carbocycles. The molecular weight excluding hydrogens is 454 g/mol. The molecule has 168 valence electrons. The molecule has 1 aliphatic carbocycles. The first-order chi connectivity index (χ1) is 16.6. The smallest absolute Gasteiger partial charge is 0.354 e. The predicted octanol–water partition coefficient (Wildman–Crippen LogP) is 3.98. The van der Waals surface area contributed by atoms with E-state index in [2.05, 4.69) is 15.1 Å².